The molecule has 0 spiro atoms. The molecule has 0 saturated carbocycles. The summed E-state index contributed by atoms with van der Waals surface area (Å²) in [6.45, 7) is 4.65. The van der Waals surface area contributed by atoms with Gasteiger partial charge in [0.15, 0.2) is 0 Å². The van der Waals surface area contributed by atoms with Crippen molar-refractivity contribution >= 4 is 28.7 Å². The van der Waals surface area contributed by atoms with E-state index in [1.165, 1.54) is 0 Å². The molecule has 0 radical (unpaired) electrons. The summed E-state index contributed by atoms with van der Waals surface area (Å²) >= 11 is 0. The van der Waals surface area contributed by atoms with Crippen molar-refractivity contribution in [3.63, 3.8) is 0 Å². The van der Waals surface area contributed by atoms with Crippen LogP contribution in [0.15, 0.2) is 30.3 Å². The highest BCUT2D eigenvalue weighted by Crippen LogP contribution is 2.33. The SMILES string of the molecule is CN(C)c1cc(C(=O)N2C[C@@H]3CN(C(=O)c4ccc5[nH]nnc5c4)C[C@H]3C2)cc(OCC2CCOCC2)n1. The van der Waals surface area contributed by atoms with Crippen LogP contribution in [-0.2, 0) is 4.74 Å². The fraction of sp³-hybridized carbons (Fsp3) is 0.519. The van der Waals surface area contributed by atoms with Crippen LogP contribution >= 0.6 is 0 Å². The number of carbonyl (C=O) groups excluding carboxylic acids is 2. The number of amides is 2. The van der Waals surface area contributed by atoms with Gasteiger partial charge in [-0.05, 0) is 43.0 Å². The van der Waals surface area contributed by atoms with E-state index in [4.69, 9.17) is 9.47 Å². The molecule has 3 fully saturated rings. The number of hydrogen-bond acceptors (Lipinski definition) is 8. The Morgan fingerprint density at radius 1 is 1.00 bits per heavy atom. The molecule has 2 aromatic heterocycles. The van der Waals surface area contributed by atoms with E-state index in [0.717, 1.165) is 31.6 Å². The Hall–Kier alpha value is -3.73. The molecular formula is C27H33N7O4. The molecule has 38 heavy (non-hydrogen) atoms. The summed E-state index contributed by atoms with van der Waals surface area (Å²) in [6, 6.07) is 9.00. The van der Waals surface area contributed by atoms with Crippen LogP contribution in [-0.4, -0.2) is 102 Å². The molecule has 2 amide bonds. The maximum atomic E-state index is 13.6. The molecule has 11 heteroatoms. The van der Waals surface area contributed by atoms with Crippen molar-refractivity contribution in [2.75, 3.05) is 65.0 Å². The van der Waals surface area contributed by atoms with Crippen LogP contribution in [0.25, 0.3) is 11.0 Å². The highest BCUT2D eigenvalue weighted by Gasteiger charge is 2.43. The van der Waals surface area contributed by atoms with Crippen molar-refractivity contribution in [1.29, 1.82) is 0 Å². The van der Waals surface area contributed by atoms with Gasteiger partial charge in [-0.2, -0.15) is 4.98 Å². The van der Waals surface area contributed by atoms with Crippen molar-refractivity contribution in [1.82, 2.24) is 30.2 Å². The number of benzene rings is 1. The van der Waals surface area contributed by atoms with Crippen LogP contribution in [0.1, 0.15) is 33.6 Å². The van der Waals surface area contributed by atoms with E-state index in [1.54, 1.807) is 12.1 Å². The van der Waals surface area contributed by atoms with Crippen molar-refractivity contribution in [2.24, 2.45) is 17.8 Å². The first-order chi connectivity index (χ1) is 18.4. The van der Waals surface area contributed by atoms with Gasteiger partial charge in [0.05, 0.1) is 12.1 Å². The summed E-state index contributed by atoms with van der Waals surface area (Å²) in [7, 11) is 3.82. The van der Waals surface area contributed by atoms with Crippen LogP contribution in [0, 0.1) is 17.8 Å². The fourth-order valence-corrected chi connectivity index (χ4v) is 5.70. The van der Waals surface area contributed by atoms with Gasteiger partial charge in [-0.1, -0.05) is 5.21 Å². The lowest BCUT2D eigenvalue weighted by molar-refractivity contribution is 0.0490. The zero-order chi connectivity index (χ0) is 26.2. The average molecular weight is 520 g/mol. The molecule has 3 aromatic rings. The van der Waals surface area contributed by atoms with Crippen LogP contribution < -0.4 is 9.64 Å². The van der Waals surface area contributed by atoms with Gasteiger partial charge in [0.2, 0.25) is 5.88 Å². The monoisotopic (exact) mass is 519 g/mol. The van der Waals surface area contributed by atoms with Gasteiger partial charge in [0, 0.05) is 82.5 Å². The minimum absolute atomic E-state index is 0.00162. The summed E-state index contributed by atoms with van der Waals surface area (Å²) in [6.07, 6.45) is 1.95. The maximum absolute atomic E-state index is 13.6. The number of rotatable bonds is 6. The predicted molar refractivity (Wildman–Crippen MR) is 140 cm³/mol. The van der Waals surface area contributed by atoms with Gasteiger partial charge in [-0.3, -0.25) is 14.7 Å². The third-order valence-corrected chi connectivity index (χ3v) is 7.93. The van der Waals surface area contributed by atoms with Gasteiger partial charge in [0.25, 0.3) is 11.8 Å². The second-order valence-electron chi connectivity index (χ2n) is 10.8. The summed E-state index contributed by atoms with van der Waals surface area (Å²) in [5, 5.41) is 10.6. The maximum Gasteiger partial charge on any atom is 0.254 e. The Morgan fingerprint density at radius 3 is 2.37 bits per heavy atom. The fourth-order valence-electron chi connectivity index (χ4n) is 5.70. The number of H-pyrrole nitrogens is 1. The van der Waals surface area contributed by atoms with E-state index in [-0.39, 0.29) is 23.7 Å². The Balaban J connectivity index is 1.10. The minimum Gasteiger partial charge on any atom is -0.477 e. The highest BCUT2D eigenvalue weighted by atomic mass is 16.5. The van der Waals surface area contributed by atoms with E-state index in [9.17, 15) is 9.59 Å². The number of aromatic amines is 1. The summed E-state index contributed by atoms with van der Waals surface area (Å²) in [4.78, 5) is 37.0. The molecule has 3 saturated heterocycles. The molecule has 5 heterocycles. The number of pyridine rings is 1. The third-order valence-electron chi connectivity index (χ3n) is 7.93. The normalized spacial score (nSPS) is 21.6. The van der Waals surface area contributed by atoms with E-state index in [1.807, 2.05) is 47.0 Å². The van der Waals surface area contributed by atoms with Crippen molar-refractivity contribution in [3.05, 3.63) is 41.5 Å². The number of nitrogens with zero attached hydrogens (tertiary/aromatic N) is 6. The largest absolute Gasteiger partial charge is 0.477 e. The van der Waals surface area contributed by atoms with Gasteiger partial charge in [-0.15, -0.1) is 5.10 Å². The molecule has 1 N–H and O–H groups in total. The molecule has 0 bridgehead atoms. The number of anilines is 1. The summed E-state index contributed by atoms with van der Waals surface area (Å²) in [5.41, 5.74) is 2.68. The predicted octanol–water partition coefficient (Wildman–Crippen LogP) is 2.07. The van der Waals surface area contributed by atoms with Crippen LogP contribution in [0.2, 0.25) is 0 Å². The van der Waals surface area contributed by atoms with Gasteiger partial charge in [-0.25, -0.2) is 0 Å². The second kappa shape index (κ2) is 10.2. The molecule has 3 aliphatic rings. The topological polar surface area (TPSA) is 117 Å². The smallest absolute Gasteiger partial charge is 0.254 e. The van der Waals surface area contributed by atoms with Crippen molar-refractivity contribution < 1.29 is 19.1 Å². The molecule has 3 aliphatic heterocycles. The van der Waals surface area contributed by atoms with Gasteiger partial charge in [0.1, 0.15) is 11.3 Å². The first kappa shape index (κ1) is 24.6. The van der Waals surface area contributed by atoms with E-state index in [2.05, 4.69) is 20.4 Å². The number of ether oxygens (including phenoxy) is 2. The number of likely N-dealkylation sites (tertiary alicyclic amines) is 2. The Bertz CT molecular complexity index is 1320. The second-order valence-corrected chi connectivity index (χ2v) is 10.8. The lowest BCUT2D eigenvalue weighted by atomic mass is 10.0. The quantitative estimate of drug-likeness (QED) is 0.526. The lowest BCUT2D eigenvalue weighted by Crippen LogP contribution is -2.35. The molecule has 6 rings (SSSR count). The minimum atomic E-state index is -0.0184. The van der Waals surface area contributed by atoms with Gasteiger partial charge >= 0.3 is 0 Å². The molecule has 1 aromatic carbocycles. The van der Waals surface area contributed by atoms with Crippen LogP contribution in [0.3, 0.4) is 0 Å². The molecular weight excluding hydrogens is 486 g/mol. The number of hydrogen-bond donors (Lipinski definition) is 1. The molecule has 2 atom stereocenters. The molecule has 0 aliphatic carbocycles. The summed E-state index contributed by atoms with van der Waals surface area (Å²) < 4.78 is 11.5. The number of carbonyl (C=O) groups is 2. The summed E-state index contributed by atoms with van der Waals surface area (Å²) in [5.74, 6) is 2.11. The standard InChI is InChI=1S/C27H33N7O4/c1-32(2)24-10-19(11-25(28-24)38-16-17-5-7-37-8-6-17)27(36)34-14-20-12-33(13-21(20)15-34)26(35)18-3-4-22-23(9-18)30-31-29-22/h3-4,9-11,17,20-21H,5-8,12-16H2,1-2H3,(H,29,30,31)/t20-,21-/m0/s1. The molecule has 200 valence electrons. The first-order valence-electron chi connectivity index (χ1n) is 13.2. The number of aromatic nitrogens is 4. The Kier molecular flexibility index (Phi) is 6.61. The van der Waals surface area contributed by atoms with Crippen LogP contribution in [0.5, 0.6) is 5.88 Å². The molecule has 11 nitrogen and oxygen atoms in total. The van der Waals surface area contributed by atoms with E-state index < -0.39 is 0 Å². The number of fused-ring (bicyclic) bond motifs is 2. The van der Waals surface area contributed by atoms with E-state index in [0.29, 0.717) is 67.0 Å². The van der Waals surface area contributed by atoms with Crippen molar-refractivity contribution in [3.8, 4) is 5.88 Å². The Labute approximate surface area is 221 Å². The first-order valence-corrected chi connectivity index (χ1v) is 13.2. The van der Waals surface area contributed by atoms with Gasteiger partial charge < -0.3 is 24.2 Å². The van der Waals surface area contributed by atoms with Crippen molar-refractivity contribution in [2.45, 2.75) is 12.8 Å². The van der Waals surface area contributed by atoms with Crippen LogP contribution in [0.4, 0.5) is 5.82 Å². The third kappa shape index (κ3) is 4.90. The number of nitrogens with one attached hydrogen (secondary N) is 1. The highest BCUT2D eigenvalue weighted by molar-refractivity contribution is 5.98. The molecule has 0 unspecified atom stereocenters. The lowest BCUT2D eigenvalue weighted by Gasteiger charge is -2.24. The zero-order valence-electron chi connectivity index (χ0n) is 21.8. The Morgan fingerprint density at radius 2 is 1.68 bits per heavy atom. The average Bonchev–Trinajstić information content (AvgIpc) is 3.66. The zero-order valence-corrected chi connectivity index (χ0v) is 21.8. The van der Waals surface area contributed by atoms with E-state index >= 15 is 0 Å².